The van der Waals surface area contributed by atoms with Crippen molar-refractivity contribution in [2.75, 3.05) is 6.54 Å². The van der Waals surface area contributed by atoms with E-state index in [2.05, 4.69) is 18.2 Å². The maximum absolute atomic E-state index is 5.38. The molecule has 2 aliphatic carbocycles. The van der Waals surface area contributed by atoms with Crippen LogP contribution in [0.4, 0.5) is 0 Å². The summed E-state index contributed by atoms with van der Waals surface area (Å²) in [5.74, 6) is 5.82. The molecule has 3 atom stereocenters. The molecule has 0 aromatic rings. The molecule has 0 aromatic carbocycles. The zero-order valence-corrected chi connectivity index (χ0v) is 8.42. The van der Waals surface area contributed by atoms with Gasteiger partial charge in [-0.05, 0) is 43.6 Å². The van der Waals surface area contributed by atoms with E-state index in [1.54, 1.807) is 0 Å². The summed E-state index contributed by atoms with van der Waals surface area (Å²) in [6.07, 6.45) is 10.7. The Labute approximate surface area is 81.3 Å². The van der Waals surface area contributed by atoms with Crippen LogP contribution < -0.4 is 5.32 Å². The van der Waals surface area contributed by atoms with Crippen molar-refractivity contribution in [3.05, 3.63) is 0 Å². The van der Waals surface area contributed by atoms with E-state index in [1.807, 2.05) is 0 Å². The van der Waals surface area contributed by atoms with Gasteiger partial charge in [0.15, 0.2) is 0 Å². The summed E-state index contributed by atoms with van der Waals surface area (Å²) in [6.45, 7) is 3.22. The summed E-state index contributed by atoms with van der Waals surface area (Å²) in [5.41, 5.74) is 0. The molecule has 0 radical (unpaired) electrons. The third kappa shape index (κ3) is 1.89. The summed E-state index contributed by atoms with van der Waals surface area (Å²) in [4.78, 5) is 0. The van der Waals surface area contributed by atoms with Crippen molar-refractivity contribution >= 4 is 0 Å². The molecule has 2 saturated carbocycles. The van der Waals surface area contributed by atoms with E-state index in [0.717, 1.165) is 30.7 Å². The van der Waals surface area contributed by atoms with Crippen LogP contribution in [0.2, 0.25) is 0 Å². The van der Waals surface area contributed by atoms with E-state index < -0.39 is 0 Å². The normalized spacial score (nSPS) is 38.0. The molecule has 2 rings (SSSR count). The fraction of sp³-hybridized carbons (Fsp3) is 0.833. The van der Waals surface area contributed by atoms with Crippen LogP contribution in [0.1, 0.15) is 32.6 Å². The molecule has 1 heteroatoms. The third-order valence-corrected chi connectivity index (χ3v) is 3.65. The van der Waals surface area contributed by atoms with Crippen LogP contribution in [0.3, 0.4) is 0 Å². The standard InChI is InChI=1S/C12H19N/c1-3-5-12(13-4-2)11-7-9-6-10(9)8-11/h1,9-13H,4-8H2,2H3. The van der Waals surface area contributed by atoms with Crippen LogP contribution in [-0.4, -0.2) is 12.6 Å². The first kappa shape index (κ1) is 9.09. The summed E-state index contributed by atoms with van der Waals surface area (Å²) < 4.78 is 0. The molecule has 72 valence electrons. The first-order chi connectivity index (χ1) is 6.35. The second-order valence-corrected chi connectivity index (χ2v) is 4.56. The van der Waals surface area contributed by atoms with E-state index >= 15 is 0 Å². The van der Waals surface area contributed by atoms with E-state index in [4.69, 9.17) is 6.42 Å². The van der Waals surface area contributed by atoms with E-state index in [9.17, 15) is 0 Å². The third-order valence-electron chi connectivity index (χ3n) is 3.65. The average molecular weight is 177 g/mol. The maximum atomic E-state index is 5.38. The van der Waals surface area contributed by atoms with Gasteiger partial charge in [-0.1, -0.05) is 6.92 Å². The zero-order chi connectivity index (χ0) is 9.26. The van der Waals surface area contributed by atoms with Crippen LogP contribution >= 0.6 is 0 Å². The lowest BCUT2D eigenvalue weighted by atomic mass is 9.92. The molecule has 13 heavy (non-hydrogen) atoms. The van der Waals surface area contributed by atoms with Gasteiger partial charge in [0, 0.05) is 12.5 Å². The number of terminal acetylenes is 1. The van der Waals surface area contributed by atoms with E-state index in [0.29, 0.717) is 6.04 Å². The van der Waals surface area contributed by atoms with Crippen molar-refractivity contribution in [2.24, 2.45) is 17.8 Å². The smallest absolute Gasteiger partial charge is 0.0243 e. The van der Waals surface area contributed by atoms with Gasteiger partial charge >= 0.3 is 0 Å². The Hall–Kier alpha value is -0.480. The molecule has 0 saturated heterocycles. The first-order valence-electron chi connectivity index (χ1n) is 5.52. The van der Waals surface area contributed by atoms with Crippen molar-refractivity contribution in [2.45, 2.75) is 38.6 Å². The minimum Gasteiger partial charge on any atom is -0.313 e. The number of fused-ring (bicyclic) bond motifs is 1. The van der Waals surface area contributed by atoms with Gasteiger partial charge in [0.25, 0.3) is 0 Å². The van der Waals surface area contributed by atoms with Crippen molar-refractivity contribution in [1.29, 1.82) is 0 Å². The molecule has 3 unspecified atom stereocenters. The van der Waals surface area contributed by atoms with Gasteiger partial charge in [0.05, 0.1) is 0 Å². The number of nitrogens with one attached hydrogen (secondary N) is 1. The molecule has 0 aromatic heterocycles. The highest BCUT2D eigenvalue weighted by molar-refractivity contribution is 5.02. The number of rotatable bonds is 4. The molecule has 0 aliphatic heterocycles. The van der Waals surface area contributed by atoms with Crippen LogP contribution in [0.5, 0.6) is 0 Å². The predicted octanol–water partition coefficient (Wildman–Crippen LogP) is 2.03. The van der Waals surface area contributed by atoms with Crippen molar-refractivity contribution < 1.29 is 0 Å². The Morgan fingerprint density at radius 3 is 2.62 bits per heavy atom. The van der Waals surface area contributed by atoms with Crippen LogP contribution in [0.25, 0.3) is 0 Å². The van der Waals surface area contributed by atoms with E-state index in [-0.39, 0.29) is 0 Å². The van der Waals surface area contributed by atoms with E-state index in [1.165, 1.54) is 19.3 Å². The lowest BCUT2D eigenvalue weighted by molar-refractivity contribution is 0.344. The van der Waals surface area contributed by atoms with Crippen molar-refractivity contribution in [3.63, 3.8) is 0 Å². The number of hydrogen-bond donors (Lipinski definition) is 1. The second-order valence-electron chi connectivity index (χ2n) is 4.56. The highest BCUT2D eigenvalue weighted by Gasteiger charge is 2.47. The Bertz CT molecular complexity index is 206. The topological polar surface area (TPSA) is 12.0 Å². The van der Waals surface area contributed by atoms with Gasteiger partial charge in [-0.25, -0.2) is 0 Å². The van der Waals surface area contributed by atoms with Crippen LogP contribution in [-0.2, 0) is 0 Å². The molecule has 0 bridgehead atoms. The van der Waals surface area contributed by atoms with Crippen LogP contribution in [0.15, 0.2) is 0 Å². The molecule has 0 heterocycles. The molecule has 2 aliphatic rings. The van der Waals surface area contributed by atoms with Gasteiger partial charge in [-0.3, -0.25) is 0 Å². The summed E-state index contributed by atoms with van der Waals surface area (Å²) in [5, 5.41) is 3.52. The summed E-state index contributed by atoms with van der Waals surface area (Å²) in [7, 11) is 0. The van der Waals surface area contributed by atoms with Crippen LogP contribution in [0, 0.1) is 30.1 Å². The fourth-order valence-electron chi connectivity index (χ4n) is 2.88. The molecule has 1 N–H and O–H groups in total. The van der Waals surface area contributed by atoms with Gasteiger partial charge in [-0.15, -0.1) is 12.3 Å². The molecule has 2 fully saturated rings. The van der Waals surface area contributed by atoms with Gasteiger partial charge in [-0.2, -0.15) is 0 Å². The SMILES string of the molecule is C#CCC(NCC)C1CC2CC2C1. The Kier molecular flexibility index (Phi) is 2.60. The highest BCUT2D eigenvalue weighted by atomic mass is 14.9. The van der Waals surface area contributed by atoms with Gasteiger partial charge < -0.3 is 5.32 Å². The minimum absolute atomic E-state index is 0.600. The van der Waals surface area contributed by atoms with Gasteiger partial charge in [0.2, 0.25) is 0 Å². The second kappa shape index (κ2) is 3.72. The van der Waals surface area contributed by atoms with Crippen molar-refractivity contribution in [1.82, 2.24) is 5.32 Å². The lowest BCUT2D eigenvalue weighted by Crippen LogP contribution is -2.35. The summed E-state index contributed by atoms with van der Waals surface area (Å²) in [6, 6.07) is 0.600. The first-order valence-corrected chi connectivity index (χ1v) is 5.52. The molecule has 0 amide bonds. The zero-order valence-electron chi connectivity index (χ0n) is 8.42. The molecular weight excluding hydrogens is 158 g/mol. The fourth-order valence-corrected chi connectivity index (χ4v) is 2.88. The monoisotopic (exact) mass is 177 g/mol. The lowest BCUT2D eigenvalue weighted by Gasteiger charge is -2.23. The quantitative estimate of drug-likeness (QED) is 0.648. The van der Waals surface area contributed by atoms with Gasteiger partial charge in [0.1, 0.15) is 0 Å². The maximum Gasteiger partial charge on any atom is 0.0243 e. The number of hydrogen-bond acceptors (Lipinski definition) is 1. The molecular formula is C12H19N. The Morgan fingerprint density at radius 1 is 1.38 bits per heavy atom. The summed E-state index contributed by atoms with van der Waals surface area (Å²) >= 11 is 0. The molecule has 0 spiro atoms. The largest absolute Gasteiger partial charge is 0.313 e. The molecule has 1 nitrogen and oxygen atoms in total. The van der Waals surface area contributed by atoms with Crippen molar-refractivity contribution in [3.8, 4) is 12.3 Å². The average Bonchev–Trinajstić information content (AvgIpc) is 2.73. The minimum atomic E-state index is 0.600. The highest BCUT2D eigenvalue weighted by Crippen LogP contribution is 2.55. The Balaban J connectivity index is 1.84. The predicted molar refractivity (Wildman–Crippen MR) is 55.2 cm³/mol. The Morgan fingerprint density at radius 2 is 2.08 bits per heavy atom.